The molecule has 5 nitrogen and oxygen atoms in total. The monoisotopic (exact) mass is 392 g/mol. The van der Waals surface area contributed by atoms with Crippen LogP contribution >= 0.6 is 15.9 Å². The van der Waals surface area contributed by atoms with E-state index >= 15 is 0 Å². The summed E-state index contributed by atoms with van der Waals surface area (Å²) in [6, 6.07) is 15.1. The second-order valence-corrected chi connectivity index (χ2v) is 6.46. The standard InChI is InChI=1S/C19H13BrN4O/c1-11-9-13(10-15(20)22-11)17-16(12-5-3-2-4-6-12)24-19-18(23-17)14(25)7-8-21-19/h2-10H,1H3,(H,21,24,25). The van der Waals surface area contributed by atoms with Crippen molar-refractivity contribution >= 4 is 27.1 Å². The third kappa shape index (κ3) is 2.96. The number of aromatic nitrogens is 4. The lowest BCUT2D eigenvalue weighted by molar-refractivity contribution is 1.16. The third-order valence-electron chi connectivity index (χ3n) is 3.83. The molecule has 6 heteroatoms. The average molecular weight is 393 g/mol. The van der Waals surface area contributed by atoms with E-state index in [0.717, 1.165) is 16.8 Å². The Bertz CT molecular complexity index is 1120. The van der Waals surface area contributed by atoms with Crippen molar-refractivity contribution in [2.24, 2.45) is 0 Å². The Kier molecular flexibility index (Phi) is 3.89. The number of hydrogen-bond acceptors (Lipinski definition) is 4. The molecule has 0 saturated heterocycles. The molecule has 0 radical (unpaired) electrons. The molecule has 4 rings (SSSR count). The number of nitrogens with one attached hydrogen (secondary N) is 1. The molecular formula is C19H13BrN4O. The minimum atomic E-state index is -0.160. The number of aryl methyl sites for hydroxylation is 1. The number of halogens is 1. The van der Waals surface area contributed by atoms with E-state index in [0.29, 0.717) is 27.2 Å². The lowest BCUT2D eigenvalue weighted by atomic mass is 10.0. The van der Waals surface area contributed by atoms with Crippen LogP contribution in [0.4, 0.5) is 0 Å². The highest BCUT2D eigenvalue weighted by atomic mass is 79.9. The third-order valence-corrected chi connectivity index (χ3v) is 4.23. The second kappa shape index (κ2) is 6.22. The van der Waals surface area contributed by atoms with Crippen LogP contribution in [0, 0.1) is 6.92 Å². The van der Waals surface area contributed by atoms with E-state index in [1.54, 1.807) is 6.20 Å². The first-order valence-corrected chi connectivity index (χ1v) is 8.50. The van der Waals surface area contributed by atoms with E-state index in [9.17, 15) is 4.79 Å². The van der Waals surface area contributed by atoms with Crippen molar-refractivity contribution in [3.8, 4) is 22.5 Å². The fraction of sp³-hybridized carbons (Fsp3) is 0.0526. The zero-order valence-corrected chi connectivity index (χ0v) is 14.9. The van der Waals surface area contributed by atoms with E-state index in [4.69, 9.17) is 0 Å². The maximum absolute atomic E-state index is 12.2. The van der Waals surface area contributed by atoms with E-state index in [1.807, 2.05) is 49.4 Å². The summed E-state index contributed by atoms with van der Waals surface area (Å²) in [6.07, 6.45) is 1.58. The van der Waals surface area contributed by atoms with Gasteiger partial charge in [-0.15, -0.1) is 0 Å². The summed E-state index contributed by atoms with van der Waals surface area (Å²) in [5.74, 6) is 0. The Morgan fingerprint density at radius 3 is 2.44 bits per heavy atom. The number of H-pyrrole nitrogens is 1. The predicted octanol–water partition coefficient (Wildman–Crippen LogP) is 4.12. The molecule has 0 fully saturated rings. The molecule has 0 atom stereocenters. The van der Waals surface area contributed by atoms with Crippen LogP contribution in [0.15, 0.2) is 64.1 Å². The molecule has 0 aliphatic rings. The molecule has 0 saturated carbocycles. The zero-order chi connectivity index (χ0) is 17.4. The fourth-order valence-corrected chi connectivity index (χ4v) is 3.27. The Labute approximate surface area is 151 Å². The average Bonchev–Trinajstić information content (AvgIpc) is 2.61. The van der Waals surface area contributed by atoms with Crippen LogP contribution in [0.5, 0.6) is 0 Å². The summed E-state index contributed by atoms with van der Waals surface area (Å²) in [5.41, 5.74) is 4.65. The smallest absolute Gasteiger partial charge is 0.209 e. The van der Waals surface area contributed by atoms with Gasteiger partial charge in [0.15, 0.2) is 11.2 Å². The van der Waals surface area contributed by atoms with Gasteiger partial charge in [0.2, 0.25) is 5.43 Å². The summed E-state index contributed by atoms with van der Waals surface area (Å²) >= 11 is 3.43. The highest BCUT2D eigenvalue weighted by Crippen LogP contribution is 2.31. The Hall–Kier alpha value is -2.86. The number of fused-ring (bicyclic) bond motifs is 1. The van der Waals surface area contributed by atoms with Crippen molar-refractivity contribution in [1.29, 1.82) is 0 Å². The predicted molar refractivity (Wildman–Crippen MR) is 101 cm³/mol. The number of aromatic amines is 1. The van der Waals surface area contributed by atoms with Gasteiger partial charge in [-0.2, -0.15) is 0 Å². The molecule has 25 heavy (non-hydrogen) atoms. The van der Waals surface area contributed by atoms with Gasteiger partial charge in [0.05, 0.1) is 11.4 Å². The number of nitrogens with zero attached hydrogens (tertiary/aromatic N) is 3. The van der Waals surface area contributed by atoms with Gasteiger partial charge in [-0.3, -0.25) is 4.79 Å². The Morgan fingerprint density at radius 1 is 0.920 bits per heavy atom. The molecule has 0 aliphatic carbocycles. The lowest BCUT2D eigenvalue weighted by Gasteiger charge is -2.11. The molecule has 0 aliphatic heterocycles. The van der Waals surface area contributed by atoms with Gasteiger partial charge in [-0.1, -0.05) is 30.3 Å². The number of hydrogen-bond donors (Lipinski definition) is 1. The normalized spacial score (nSPS) is 11.0. The number of pyridine rings is 2. The van der Waals surface area contributed by atoms with Crippen molar-refractivity contribution in [2.75, 3.05) is 0 Å². The zero-order valence-electron chi connectivity index (χ0n) is 13.3. The molecule has 1 N–H and O–H groups in total. The SMILES string of the molecule is Cc1cc(-c2nc3c(=O)cc[nH]c3nc2-c2ccccc2)cc(Br)n1. The van der Waals surface area contributed by atoms with Gasteiger partial charge in [-0.25, -0.2) is 15.0 Å². The van der Waals surface area contributed by atoms with Gasteiger partial charge >= 0.3 is 0 Å². The second-order valence-electron chi connectivity index (χ2n) is 5.65. The van der Waals surface area contributed by atoms with Crippen LogP contribution in [0.1, 0.15) is 5.69 Å². The summed E-state index contributed by atoms with van der Waals surface area (Å²) < 4.78 is 0.713. The number of rotatable bonds is 2. The minimum Gasteiger partial charge on any atom is -0.345 e. The summed E-state index contributed by atoms with van der Waals surface area (Å²) in [5, 5.41) is 0. The topological polar surface area (TPSA) is 71.5 Å². The number of benzene rings is 1. The van der Waals surface area contributed by atoms with Crippen LogP contribution in [0.25, 0.3) is 33.7 Å². The molecule has 0 bridgehead atoms. The largest absolute Gasteiger partial charge is 0.345 e. The van der Waals surface area contributed by atoms with E-state index < -0.39 is 0 Å². The molecule has 3 heterocycles. The van der Waals surface area contributed by atoms with Gasteiger partial charge in [0.1, 0.15) is 4.60 Å². The minimum absolute atomic E-state index is 0.160. The molecule has 1 aromatic carbocycles. The van der Waals surface area contributed by atoms with Crippen LogP contribution in [0.3, 0.4) is 0 Å². The van der Waals surface area contributed by atoms with Crippen molar-refractivity contribution in [2.45, 2.75) is 6.92 Å². The first-order valence-electron chi connectivity index (χ1n) is 7.71. The van der Waals surface area contributed by atoms with Crippen molar-refractivity contribution in [1.82, 2.24) is 19.9 Å². The van der Waals surface area contributed by atoms with Crippen LogP contribution in [-0.4, -0.2) is 19.9 Å². The molecule has 0 spiro atoms. The first-order chi connectivity index (χ1) is 12.1. The Balaban J connectivity index is 2.10. The van der Waals surface area contributed by atoms with Crippen molar-refractivity contribution in [3.05, 3.63) is 75.2 Å². The highest BCUT2D eigenvalue weighted by Gasteiger charge is 2.15. The van der Waals surface area contributed by atoms with Crippen LogP contribution in [0.2, 0.25) is 0 Å². The van der Waals surface area contributed by atoms with E-state index in [1.165, 1.54) is 6.07 Å². The van der Waals surface area contributed by atoms with Crippen molar-refractivity contribution < 1.29 is 0 Å². The molecule has 0 amide bonds. The van der Waals surface area contributed by atoms with E-state index in [-0.39, 0.29) is 5.43 Å². The van der Waals surface area contributed by atoms with Gasteiger partial charge in [0, 0.05) is 29.1 Å². The van der Waals surface area contributed by atoms with Gasteiger partial charge in [-0.05, 0) is 35.0 Å². The summed E-state index contributed by atoms with van der Waals surface area (Å²) in [7, 11) is 0. The van der Waals surface area contributed by atoms with Crippen LogP contribution < -0.4 is 5.43 Å². The molecule has 3 aromatic heterocycles. The summed E-state index contributed by atoms with van der Waals surface area (Å²) in [6.45, 7) is 1.91. The maximum atomic E-state index is 12.2. The quantitative estimate of drug-likeness (QED) is 0.520. The molecular weight excluding hydrogens is 380 g/mol. The van der Waals surface area contributed by atoms with Crippen molar-refractivity contribution in [3.63, 3.8) is 0 Å². The van der Waals surface area contributed by atoms with Gasteiger partial charge in [0.25, 0.3) is 0 Å². The Morgan fingerprint density at radius 2 is 1.68 bits per heavy atom. The highest BCUT2D eigenvalue weighted by molar-refractivity contribution is 9.10. The molecule has 0 unspecified atom stereocenters. The molecule has 4 aromatic rings. The summed E-state index contributed by atoms with van der Waals surface area (Å²) in [4.78, 5) is 28.9. The van der Waals surface area contributed by atoms with E-state index in [2.05, 4.69) is 35.9 Å². The first kappa shape index (κ1) is 15.7. The fourth-order valence-electron chi connectivity index (χ4n) is 2.75. The maximum Gasteiger partial charge on any atom is 0.209 e. The molecule has 122 valence electrons. The van der Waals surface area contributed by atoms with Crippen LogP contribution in [-0.2, 0) is 0 Å². The van der Waals surface area contributed by atoms with Gasteiger partial charge < -0.3 is 4.98 Å². The lowest BCUT2D eigenvalue weighted by Crippen LogP contribution is -2.06.